The molecule has 0 amide bonds. The van der Waals surface area contributed by atoms with Gasteiger partial charge in [-0.15, -0.1) is 0 Å². The fraction of sp³-hybridized carbons (Fsp3) is 0.429. The Morgan fingerprint density at radius 3 is 2.81 bits per heavy atom. The van der Waals surface area contributed by atoms with Gasteiger partial charge < -0.3 is 20.5 Å². The summed E-state index contributed by atoms with van der Waals surface area (Å²) in [6.45, 7) is 4.27. The molecule has 0 radical (unpaired) electrons. The topological polar surface area (TPSA) is 74.1 Å². The third-order valence-electron chi connectivity index (χ3n) is 5.88. The van der Waals surface area contributed by atoms with E-state index in [9.17, 15) is 0 Å². The predicted molar refractivity (Wildman–Crippen MR) is 108 cm³/mol. The van der Waals surface area contributed by atoms with Gasteiger partial charge in [0.25, 0.3) is 0 Å². The first kappa shape index (κ1) is 16.7. The molecule has 3 aromatic rings. The van der Waals surface area contributed by atoms with Gasteiger partial charge in [0.1, 0.15) is 11.3 Å². The van der Waals surface area contributed by atoms with E-state index in [4.69, 9.17) is 15.7 Å². The van der Waals surface area contributed by atoms with E-state index in [-0.39, 0.29) is 6.04 Å². The Bertz CT molecular complexity index is 970. The van der Waals surface area contributed by atoms with E-state index < -0.39 is 0 Å². The van der Waals surface area contributed by atoms with Crippen molar-refractivity contribution < 1.29 is 0 Å². The number of aromatic amines is 1. The van der Waals surface area contributed by atoms with Crippen molar-refractivity contribution >= 4 is 16.7 Å². The smallest absolute Gasteiger partial charge is 0.113 e. The maximum Gasteiger partial charge on any atom is 0.113 e. The maximum atomic E-state index is 6.19. The zero-order valence-electron chi connectivity index (χ0n) is 15.8. The van der Waals surface area contributed by atoms with Gasteiger partial charge in [-0.25, -0.2) is 4.98 Å². The molecule has 0 saturated carbocycles. The number of likely N-dealkylation sites (N-methyl/N-ethyl adjacent to an activating group) is 1. The van der Waals surface area contributed by atoms with Crippen molar-refractivity contribution in [2.75, 3.05) is 38.1 Å². The molecule has 3 N–H and O–H groups in total. The van der Waals surface area contributed by atoms with Crippen molar-refractivity contribution in [3.8, 4) is 0 Å². The van der Waals surface area contributed by atoms with Crippen LogP contribution in [0.25, 0.3) is 11.0 Å². The van der Waals surface area contributed by atoms with E-state index >= 15 is 0 Å². The summed E-state index contributed by atoms with van der Waals surface area (Å²) in [6, 6.07) is 10.8. The van der Waals surface area contributed by atoms with E-state index in [0.717, 1.165) is 67.3 Å². The Balaban J connectivity index is 1.44. The molecule has 27 heavy (non-hydrogen) atoms. The summed E-state index contributed by atoms with van der Waals surface area (Å²) in [6.07, 6.45) is 2.75. The van der Waals surface area contributed by atoms with Crippen LogP contribution in [-0.4, -0.2) is 53.1 Å². The van der Waals surface area contributed by atoms with Gasteiger partial charge in [-0.1, -0.05) is 12.1 Å². The van der Waals surface area contributed by atoms with Crippen LogP contribution in [0.2, 0.25) is 0 Å². The number of pyridine rings is 1. The zero-order chi connectivity index (χ0) is 18.4. The number of nitrogens with two attached hydrogens (primary N) is 1. The molecule has 1 unspecified atom stereocenters. The number of imidazole rings is 1. The lowest BCUT2D eigenvalue weighted by atomic mass is 10.1. The van der Waals surface area contributed by atoms with Crippen molar-refractivity contribution in [3.63, 3.8) is 0 Å². The number of nitrogens with zero attached hydrogens (tertiary/aromatic N) is 4. The fourth-order valence-corrected chi connectivity index (χ4v) is 4.25. The number of hydrogen-bond donors (Lipinski definition) is 2. The van der Waals surface area contributed by atoms with Gasteiger partial charge >= 0.3 is 0 Å². The van der Waals surface area contributed by atoms with E-state index in [2.05, 4.69) is 52.2 Å². The van der Waals surface area contributed by atoms with Gasteiger partial charge in [0.05, 0.1) is 16.9 Å². The normalized spacial score (nSPS) is 20.4. The number of benzene rings is 1. The van der Waals surface area contributed by atoms with Crippen LogP contribution in [0.4, 0.5) is 5.69 Å². The first-order valence-electron chi connectivity index (χ1n) is 9.83. The first-order chi connectivity index (χ1) is 13.2. The standard InChI is InChI=1S/C21H26N6/c1-26-9-11-27(12-10-26)18-4-2-3-17-21(18)25-19(24-17)13-15-7-5-14-6-8-16(22)20(14)23-15/h2-5,7,16H,6,8-13,22H2,1H3,(H,24,25). The van der Waals surface area contributed by atoms with Crippen molar-refractivity contribution in [1.82, 2.24) is 19.9 Å². The van der Waals surface area contributed by atoms with Crippen molar-refractivity contribution in [3.05, 3.63) is 53.1 Å². The van der Waals surface area contributed by atoms with Crippen LogP contribution in [0.5, 0.6) is 0 Å². The second-order valence-electron chi connectivity index (χ2n) is 7.82. The van der Waals surface area contributed by atoms with Crippen LogP contribution < -0.4 is 10.6 Å². The number of H-pyrrole nitrogens is 1. The number of hydrogen-bond acceptors (Lipinski definition) is 5. The van der Waals surface area contributed by atoms with Crippen LogP contribution in [0, 0.1) is 0 Å². The third-order valence-corrected chi connectivity index (χ3v) is 5.88. The van der Waals surface area contributed by atoms with Gasteiger partial charge in [-0.05, 0) is 43.7 Å². The Hall–Kier alpha value is -2.44. The summed E-state index contributed by atoms with van der Waals surface area (Å²) < 4.78 is 0. The molecule has 2 aromatic heterocycles. The molecule has 6 nitrogen and oxygen atoms in total. The fourth-order valence-electron chi connectivity index (χ4n) is 4.25. The summed E-state index contributed by atoms with van der Waals surface area (Å²) >= 11 is 0. The SMILES string of the molecule is CN1CCN(c2cccc3[nH]c(Cc4ccc5c(n4)C(N)CC5)nc23)CC1. The molecule has 3 heterocycles. The second kappa shape index (κ2) is 6.62. The van der Waals surface area contributed by atoms with Crippen molar-refractivity contribution in [2.45, 2.75) is 25.3 Å². The monoisotopic (exact) mass is 362 g/mol. The van der Waals surface area contributed by atoms with Gasteiger partial charge in [0.2, 0.25) is 0 Å². The van der Waals surface area contributed by atoms with Gasteiger partial charge in [0.15, 0.2) is 0 Å². The lowest BCUT2D eigenvalue weighted by molar-refractivity contribution is 0.313. The van der Waals surface area contributed by atoms with E-state index in [0.29, 0.717) is 6.42 Å². The van der Waals surface area contributed by atoms with Crippen LogP contribution in [-0.2, 0) is 12.8 Å². The molecular formula is C21H26N6. The number of aryl methyl sites for hydroxylation is 1. The molecule has 6 heteroatoms. The second-order valence-corrected chi connectivity index (χ2v) is 7.82. The molecule has 2 aliphatic rings. The number of para-hydroxylation sites is 1. The minimum Gasteiger partial charge on any atom is -0.367 e. The minimum atomic E-state index is 0.0828. The van der Waals surface area contributed by atoms with Gasteiger partial charge in [-0.2, -0.15) is 0 Å². The highest BCUT2D eigenvalue weighted by atomic mass is 15.3. The molecular weight excluding hydrogens is 336 g/mol. The summed E-state index contributed by atoms with van der Waals surface area (Å²) in [4.78, 5) is 18.1. The quantitative estimate of drug-likeness (QED) is 0.748. The third kappa shape index (κ3) is 3.09. The molecule has 0 bridgehead atoms. The highest BCUT2D eigenvalue weighted by Gasteiger charge is 2.21. The van der Waals surface area contributed by atoms with E-state index in [1.807, 2.05) is 0 Å². The van der Waals surface area contributed by atoms with Gasteiger partial charge in [-0.3, -0.25) is 4.98 Å². The number of fused-ring (bicyclic) bond motifs is 2. The summed E-state index contributed by atoms with van der Waals surface area (Å²) in [7, 11) is 2.18. The highest BCUT2D eigenvalue weighted by molar-refractivity contribution is 5.89. The molecule has 1 aromatic carbocycles. The van der Waals surface area contributed by atoms with Gasteiger partial charge in [0, 0.05) is 44.3 Å². The molecule has 1 fully saturated rings. The average molecular weight is 362 g/mol. The zero-order valence-corrected chi connectivity index (χ0v) is 15.8. The Morgan fingerprint density at radius 2 is 1.96 bits per heavy atom. The van der Waals surface area contributed by atoms with Crippen LogP contribution in [0.15, 0.2) is 30.3 Å². The van der Waals surface area contributed by atoms with E-state index in [1.54, 1.807) is 0 Å². The summed E-state index contributed by atoms with van der Waals surface area (Å²) in [5.74, 6) is 0.964. The number of anilines is 1. The lowest BCUT2D eigenvalue weighted by Gasteiger charge is -2.34. The molecule has 1 aliphatic carbocycles. The Kier molecular flexibility index (Phi) is 4.10. The number of rotatable bonds is 3. The molecule has 0 spiro atoms. The molecule has 1 saturated heterocycles. The summed E-state index contributed by atoms with van der Waals surface area (Å²) in [5.41, 5.74) is 13.0. The molecule has 1 atom stereocenters. The van der Waals surface area contributed by atoms with Crippen molar-refractivity contribution in [1.29, 1.82) is 0 Å². The number of aromatic nitrogens is 3. The average Bonchev–Trinajstić information content (AvgIpc) is 3.25. The van der Waals surface area contributed by atoms with Crippen LogP contribution in [0.1, 0.15) is 35.2 Å². The highest BCUT2D eigenvalue weighted by Crippen LogP contribution is 2.29. The first-order valence-corrected chi connectivity index (χ1v) is 9.83. The van der Waals surface area contributed by atoms with Crippen LogP contribution >= 0.6 is 0 Å². The summed E-state index contributed by atoms with van der Waals surface area (Å²) in [5, 5.41) is 0. The Labute approximate surface area is 159 Å². The largest absolute Gasteiger partial charge is 0.367 e. The minimum absolute atomic E-state index is 0.0828. The molecule has 140 valence electrons. The molecule has 5 rings (SSSR count). The van der Waals surface area contributed by atoms with Crippen LogP contribution in [0.3, 0.4) is 0 Å². The number of nitrogens with one attached hydrogen (secondary N) is 1. The Morgan fingerprint density at radius 1 is 1.11 bits per heavy atom. The predicted octanol–water partition coefficient (Wildman–Crippen LogP) is 2.25. The van der Waals surface area contributed by atoms with E-state index in [1.165, 1.54) is 11.3 Å². The lowest BCUT2D eigenvalue weighted by Crippen LogP contribution is -2.44. The van der Waals surface area contributed by atoms with Crippen molar-refractivity contribution in [2.24, 2.45) is 5.73 Å². The number of piperazine rings is 1. The molecule has 1 aliphatic heterocycles. The maximum absolute atomic E-state index is 6.19.